The van der Waals surface area contributed by atoms with Crippen molar-refractivity contribution < 1.29 is 9.18 Å². The molecule has 1 rings (SSSR count). The summed E-state index contributed by atoms with van der Waals surface area (Å²) >= 11 is 0. The van der Waals surface area contributed by atoms with Crippen molar-refractivity contribution in [3.63, 3.8) is 0 Å². The average molecular weight is 157 g/mol. The Labute approximate surface area is 60.3 Å². The topological polar surface area (TPSA) is 74.8 Å². The zero-order valence-electron chi connectivity index (χ0n) is 5.30. The molecule has 1 aromatic rings. The predicted octanol–water partition coefficient (Wildman–Crippen LogP) is -0.523. The molecule has 0 aliphatic carbocycles. The molecule has 1 aromatic heterocycles. The van der Waals surface area contributed by atoms with Crippen LogP contribution >= 0.6 is 0 Å². The number of aromatic amines is 1. The maximum Gasteiger partial charge on any atom is 0.291 e. The molecular formula is C5H4FN3O2. The van der Waals surface area contributed by atoms with Gasteiger partial charge in [-0.1, -0.05) is 0 Å². The summed E-state index contributed by atoms with van der Waals surface area (Å²) in [6.07, 6.45) is 1.05. The molecule has 1 heterocycles. The molecule has 0 aromatic carbocycles. The highest BCUT2D eigenvalue weighted by molar-refractivity contribution is 5.67. The quantitative estimate of drug-likeness (QED) is 0.567. The van der Waals surface area contributed by atoms with Crippen molar-refractivity contribution in [2.24, 2.45) is 0 Å². The van der Waals surface area contributed by atoms with Crippen LogP contribution in [0.15, 0.2) is 11.0 Å². The third kappa shape index (κ3) is 1.60. The van der Waals surface area contributed by atoms with E-state index in [1.54, 1.807) is 0 Å². The second-order valence-corrected chi connectivity index (χ2v) is 1.66. The summed E-state index contributed by atoms with van der Waals surface area (Å²) in [5.41, 5.74) is -0.640. The van der Waals surface area contributed by atoms with Crippen LogP contribution in [0.25, 0.3) is 0 Å². The van der Waals surface area contributed by atoms with E-state index in [9.17, 15) is 14.0 Å². The lowest BCUT2D eigenvalue weighted by atomic mass is 10.6. The summed E-state index contributed by atoms with van der Waals surface area (Å²) in [7, 11) is 0. The van der Waals surface area contributed by atoms with Gasteiger partial charge in [-0.05, 0) is 0 Å². The summed E-state index contributed by atoms with van der Waals surface area (Å²) < 4.78 is 12.2. The Morgan fingerprint density at radius 1 is 1.73 bits per heavy atom. The van der Waals surface area contributed by atoms with E-state index in [1.165, 1.54) is 0 Å². The molecule has 0 saturated heterocycles. The Bertz CT molecular complexity index is 322. The number of H-pyrrole nitrogens is 1. The van der Waals surface area contributed by atoms with E-state index in [0.717, 1.165) is 6.20 Å². The fourth-order valence-corrected chi connectivity index (χ4v) is 0.537. The Morgan fingerprint density at radius 3 is 3.09 bits per heavy atom. The van der Waals surface area contributed by atoms with Gasteiger partial charge in [0.2, 0.25) is 18.2 Å². The van der Waals surface area contributed by atoms with Crippen LogP contribution in [-0.2, 0) is 4.79 Å². The van der Waals surface area contributed by atoms with Crippen molar-refractivity contribution in [2.75, 3.05) is 5.32 Å². The number of rotatable bonds is 2. The van der Waals surface area contributed by atoms with Gasteiger partial charge in [-0.3, -0.25) is 9.59 Å². The first-order valence-electron chi connectivity index (χ1n) is 2.69. The van der Waals surface area contributed by atoms with Gasteiger partial charge in [0, 0.05) is 0 Å². The van der Waals surface area contributed by atoms with Crippen LogP contribution in [0.4, 0.5) is 10.2 Å². The molecule has 0 radical (unpaired) electrons. The minimum atomic E-state index is -0.853. The van der Waals surface area contributed by atoms with E-state index in [1.807, 2.05) is 10.3 Å². The lowest BCUT2D eigenvalue weighted by Gasteiger charge is -1.93. The number of carbonyl (C=O) groups excluding carboxylic acids is 1. The van der Waals surface area contributed by atoms with Crippen molar-refractivity contribution in [1.29, 1.82) is 0 Å². The maximum atomic E-state index is 12.2. The van der Waals surface area contributed by atoms with Crippen molar-refractivity contribution in [2.45, 2.75) is 0 Å². The first kappa shape index (κ1) is 7.39. The van der Waals surface area contributed by atoms with Crippen molar-refractivity contribution in [1.82, 2.24) is 9.97 Å². The normalized spacial score (nSPS) is 9.18. The molecule has 0 atom stereocenters. The van der Waals surface area contributed by atoms with Crippen LogP contribution < -0.4 is 10.9 Å². The third-order valence-corrected chi connectivity index (χ3v) is 0.952. The Balaban J connectivity index is 3.12. The monoisotopic (exact) mass is 157 g/mol. The fraction of sp³-hybridized carbons (Fsp3) is 0. The first-order valence-corrected chi connectivity index (χ1v) is 2.69. The molecule has 0 aliphatic rings. The highest BCUT2D eigenvalue weighted by atomic mass is 19.1. The highest BCUT2D eigenvalue weighted by Crippen LogP contribution is 1.91. The van der Waals surface area contributed by atoms with Crippen LogP contribution in [0, 0.1) is 5.95 Å². The number of nitrogens with zero attached hydrogens (tertiary/aromatic N) is 1. The van der Waals surface area contributed by atoms with E-state index >= 15 is 0 Å². The molecular weight excluding hydrogens is 153 g/mol. The summed E-state index contributed by atoms with van der Waals surface area (Å²) in [4.78, 5) is 25.6. The largest absolute Gasteiger partial charge is 0.321 e. The Morgan fingerprint density at radius 2 is 2.45 bits per heavy atom. The third-order valence-electron chi connectivity index (χ3n) is 0.952. The number of amides is 1. The van der Waals surface area contributed by atoms with Gasteiger partial charge < -0.3 is 10.3 Å². The van der Waals surface area contributed by atoms with E-state index in [4.69, 9.17) is 0 Å². The molecule has 0 unspecified atom stereocenters. The minimum Gasteiger partial charge on any atom is -0.321 e. The molecule has 6 heteroatoms. The molecule has 0 aliphatic heterocycles. The molecule has 0 fully saturated rings. The molecule has 0 saturated carbocycles. The molecule has 11 heavy (non-hydrogen) atoms. The summed E-state index contributed by atoms with van der Waals surface area (Å²) in [5, 5.41) is 1.94. The standard InChI is InChI=1S/C5H4FN3O2/c6-3-1-7-5(11)4(9-3)8-2-10/h1-2H,(H,7,11)(H,8,9,10). The van der Waals surface area contributed by atoms with Gasteiger partial charge >= 0.3 is 0 Å². The molecule has 58 valence electrons. The number of carbonyl (C=O) groups is 1. The van der Waals surface area contributed by atoms with Gasteiger partial charge in [-0.15, -0.1) is 0 Å². The molecule has 0 bridgehead atoms. The Hall–Kier alpha value is -1.72. The van der Waals surface area contributed by atoms with Crippen LogP contribution in [0.5, 0.6) is 0 Å². The van der Waals surface area contributed by atoms with E-state index in [-0.39, 0.29) is 12.2 Å². The Kier molecular flexibility index (Phi) is 1.95. The lowest BCUT2D eigenvalue weighted by Crippen LogP contribution is -2.15. The maximum absolute atomic E-state index is 12.2. The minimum absolute atomic E-state index is 0.247. The van der Waals surface area contributed by atoms with Gasteiger partial charge in [-0.2, -0.15) is 9.37 Å². The number of hydrogen-bond donors (Lipinski definition) is 2. The highest BCUT2D eigenvalue weighted by Gasteiger charge is 2.00. The van der Waals surface area contributed by atoms with Crippen molar-refractivity contribution >= 4 is 12.2 Å². The van der Waals surface area contributed by atoms with Crippen LogP contribution in [0.2, 0.25) is 0 Å². The van der Waals surface area contributed by atoms with Crippen molar-refractivity contribution in [3.05, 3.63) is 22.5 Å². The summed E-state index contributed by atoms with van der Waals surface area (Å²) in [6.45, 7) is 0. The predicted molar refractivity (Wildman–Crippen MR) is 34.5 cm³/mol. The second kappa shape index (κ2) is 2.91. The zero-order valence-corrected chi connectivity index (χ0v) is 5.30. The van der Waals surface area contributed by atoms with E-state index in [2.05, 4.69) is 4.98 Å². The number of halogens is 1. The SMILES string of the molecule is O=CNc1nc(F)c[nH]c1=O. The van der Waals surface area contributed by atoms with Gasteiger partial charge in [0.25, 0.3) is 5.56 Å². The first-order chi connectivity index (χ1) is 5.24. The van der Waals surface area contributed by atoms with Gasteiger partial charge in [0.1, 0.15) is 0 Å². The number of hydrogen-bond acceptors (Lipinski definition) is 3. The number of nitrogens with one attached hydrogen (secondary N) is 2. The van der Waals surface area contributed by atoms with Crippen LogP contribution in [0.3, 0.4) is 0 Å². The van der Waals surface area contributed by atoms with Gasteiger partial charge in [0.15, 0.2) is 0 Å². The smallest absolute Gasteiger partial charge is 0.291 e. The molecule has 1 amide bonds. The number of aromatic nitrogens is 2. The molecule has 2 N–H and O–H groups in total. The number of anilines is 1. The lowest BCUT2D eigenvalue weighted by molar-refractivity contribution is -0.105. The second-order valence-electron chi connectivity index (χ2n) is 1.66. The fourth-order valence-electron chi connectivity index (χ4n) is 0.537. The average Bonchev–Trinajstić information content (AvgIpc) is 1.98. The molecule has 0 spiro atoms. The van der Waals surface area contributed by atoms with E-state index in [0.29, 0.717) is 0 Å². The van der Waals surface area contributed by atoms with Gasteiger partial charge in [0.05, 0.1) is 6.20 Å². The molecule has 5 nitrogen and oxygen atoms in total. The zero-order chi connectivity index (χ0) is 8.27. The van der Waals surface area contributed by atoms with Gasteiger partial charge in [-0.25, -0.2) is 0 Å². The van der Waals surface area contributed by atoms with Crippen LogP contribution in [-0.4, -0.2) is 16.4 Å². The van der Waals surface area contributed by atoms with Crippen molar-refractivity contribution in [3.8, 4) is 0 Å². The van der Waals surface area contributed by atoms with Crippen LogP contribution in [0.1, 0.15) is 0 Å². The van der Waals surface area contributed by atoms with E-state index < -0.39 is 11.5 Å². The summed E-state index contributed by atoms with van der Waals surface area (Å²) in [6, 6.07) is 0. The summed E-state index contributed by atoms with van der Waals surface area (Å²) in [5.74, 6) is -1.20.